The number of piperazine rings is 1. The van der Waals surface area contributed by atoms with E-state index in [2.05, 4.69) is 9.89 Å². The number of nitrogens with zero attached hydrogens (tertiary/aromatic N) is 4. The third-order valence-electron chi connectivity index (χ3n) is 5.75. The summed E-state index contributed by atoms with van der Waals surface area (Å²) in [6.07, 6.45) is 0. The van der Waals surface area contributed by atoms with Gasteiger partial charge in [-0.25, -0.2) is 4.99 Å². The molecule has 3 heterocycles. The third-order valence-corrected chi connectivity index (χ3v) is 6.74. The van der Waals surface area contributed by atoms with Crippen LogP contribution < -0.4 is 20.3 Å². The van der Waals surface area contributed by atoms with Crippen LogP contribution in [0.4, 0.5) is 5.69 Å². The van der Waals surface area contributed by atoms with Crippen molar-refractivity contribution in [2.45, 2.75) is 6.54 Å². The zero-order chi connectivity index (χ0) is 22.2. The highest BCUT2D eigenvalue weighted by Crippen LogP contribution is 2.28. The molecule has 1 fully saturated rings. The molecule has 32 heavy (non-hydrogen) atoms. The smallest absolute Gasteiger partial charge is 0.311 e. The van der Waals surface area contributed by atoms with Crippen LogP contribution in [0, 0.1) is 0 Å². The number of amides is 2. The number of para-hydroxylation sites is 2. The molecule has 2 amide bonds. The molecule has 0 bridgehead atoms. The van der Waals surface area contributed by atoms with Crippen LogP contribution in [-0.4, -0.2) is 52.6 Å². The molecule has 0 aliphatic carbocycles. The SMILES string of the molecule is O=C1N=c2ccccc2=C1c1sc(=O)n(CC(=O)N2CCN(c3ccccc3)CC2)c1O. The topological polar surface area (TPSA) is 95.2 Å². The molecular weight excluding hydrogens is 428 g/mol. The summed E-state index contributed by atoms with van der Waals surface area (Å²) in [7, 11) is 0. The second-order valence-electron chi connectivity index (χ2n) is 7.62. The number of thiazole rings is 1. The van der Waals surface area contributed by atoms with Gasteiger partial charge in [-0.15, -0.1) is 0 Å². The Morgan fingerprint density at radius 2 is 1.66 bits per heavy atom. The van der Waals surface area contributed by atoms with E-state index in [1.54, 1.807) is 29.2 Å². The number of hydrogen-bond acceptors (Lipinski definition) is 6. The number of fused-ring (bicyclic) bond motifs is 1. The maximum atomic E-state index is 12.9. The first-order valence-corrected chi connectivity index (χ1v) is 11.1. The number of aromatic nitrogens is 1. The van der Waals surface area contributed by atoms with Gasteiger partial charge in [0.05, 0.1) is 10.9 Å². The first-order valence-electron chi connectivity index (χ1n) is 10.3. The first kappa shape index (κ1) is 20.2. The van der Waals surface area contributed by atoms with E-state index in [0.29, 0.717) is 36.8 Å². The van der Waals surface area contributed by atoms with Crippen molar-refractivity contribution in [1.29, 1.82) is 0 Å². The predicted molar refractivity (Wildman–Crippen MR) is 120 cm³/mol. The Labute approximate surface area is 187 Å². The summed E-state index contributed by atoms with van der Waals surface area (Å²) in [6, 6.07) is 17.0. The molecular formula is C23H20N4O4S. The van der Waals surface area contributed by atoms with E-state index in [4.69, 9.17) is 0 Å². The maximum Gasteiger partial charge on any atom is 0.311 e. The van der Waals surface area contributed by atoms with Crippen molar-refractivity contribution in [3.63, 3.8) is 0 Å². The van der Waals surface area contributed by atoms with E-state index in [-0.39, 0.29) is 28.8 Å². The summed E-state index contributed by atoms with van der Waals surface area (Å²) < 4.78 is 1.03. The Morgan fingerprint density at radius 1 is 0.969 bits per heavy atom. The van der Waals surface area contributed by atoms with E-state index in [1.807, 2.05) is 30.3 Å². The van der Waals surface area contributed by atoms with Crippen LogP contribution in [0.5, 0.6) is 5.88 Å². The molecule has 9 heteroatoms. The molecule has 1 aromatic heterocycles. The van der Waals surface area contributed by atoms with Crippen molar-refractivity contribution in [2.75, 3.05) is 31.1 Å². The molecule has 0 saturated carbocycles. The summed E-state index contributed by atoms with van der Waals surface area (Å²) in [5, 5.41) is 11.8. The van der Waals surface area contributed by atoms with Crippen molar-refractivity contribution in [2.24, 2.45) is 4.99 Å². The van der Waals surface area contributed by atoms with E-state index >= 15 is 0 Å². The molecule has 2 aliphatic rings. The monoisotopic (exact) mass is 448 g/mol. The summed E-state index contributed by atoms with van der Waals surface area (Å²) in [4.78, 5) is 45.4. The lowest BCUT2D eigenvalue weighted by Crippen LogP contribution is -2.49. The molecule has 1 N–H and O–H groups in total. The minimum Gasteiger partial charge on any atom is -0.493 e. The molecule has 1 saturated heterocycles. The number of aromatic hydroxyl groups is 1. The lowest BCUT2D eigenvalue weighted by Gasteiger charge is -2.36. The fraction of sp³-hybridized carbons (Fsp3) is 0.217. The second kappa shape index (κ2) is 8.08. The van der Waals surface area contributed by atoms with Crippen molar-refractivity contribution in [3.8, 4) is 5.88 Å². The van der Waals surface area contributed by atoms with Gasteiger partial charge in [0.2, 0.25) is 11.8 Å². The summed E-state index contributed by atoms with van der Waals surface area (Å²) in [5.41, 5.74) is 1.31. The number of benzene rings is 2. The summed E-state index contributed by atoms with van der Waals surface area (Å²) in [6.45, 7) is 2.17. The van der Waals surface area contributed by atoms with E-state index in [1.165, 1.54) is 0 Å². The van der Waals surface area contributed by atoms with Gasteiger partial charge in [-0.05, 0) is 18.2 Å². The van der Waals surface area contributed by atoms with E-state index in [9.17, 15) is 19.5 Å². The minimum atomic E-state index is -0.502. The number of carbonyl (C=O) groups is 2. The number of carbonyl (C=O) groups excluding carboxylic acids is 2. The highest BCUT2D eigenvalue weighted by molar-refractivity contribution is 7.11. The standard InChI is InChI=1S/C23H20N4O4S/c28-18(26-12-10-25(11-13-26)15-6-2-1-3-7-15)14-27-22(30)20(32-23(27)31)19-16-8-4-5-9-17(16)24-21(19)29/h1-9,30H,10-14H2. The zero-order valence-corrected chi connectivity index (χ0v) is 17.9. The molecule has 0 radical (unpaired) electrons. The van der Waals surface area contributed by atoms with Crippen LogP contribution in [0.15, 0.2) is 64.4 Å². The van der Waals surface area contributed by atoms with Gasteiger partial charge in [-0.3, -0.25) is 19.0 Å². The van der Waals surface area contributed by atoms with Gasteiger partial charge in [-0.2, -0.15) is 0 Å². The lowest BCUT2D eigenvalue weighted by molar-refractivity contribution is -0.132. The molecule has 3 aromatic rings. The van der Waals surface area contributed by atoms with E-state index in [0.717, 1.165) is 21.6 Å². The lowest BCUT2D eigenvalue weighted by atomic mass is 10.1. The number of rotatable bonds is 4. The fourth-order valence-electron chi connectivity index (χ4n) is 4.07. The predicted octanol–water partition coefficient (Wildman–Crippen LogP) is 0.323. The maximum absolute atomic E-state index is 12.9. The van der Waals surface area contributed by atoms with Crippen LogP contribution >= 0.6 is 11.3 Å². The van der Waals surface area contributed by atoms with Crippen LogP contribution in [0.1, 0.15) is 4.88 Å². The molecule has 162 valence electrons. The average molecular weight is 449 g/mol. The quantitative estimate of drug-likeness (QED) is 0.621. The van der Waals surface area contributed by atoms with Gasteiger partial charge >= 0.3 is 4.87 Å². The molecule has 2 aliphatic heterocycles. The largest absolute Gasteiger partial charge is 0.493 e. The molecule has 5 rings (SSSR count). The Bertz CT molecular complexity index is 1390. The molecule has 0 unspecified atom stereocenters. The summed E-state index contributed by atoms with van der Waals surface area (Å²) >= 11 is 0.752. The van der Waals surface area contributed by atoms with Crippen molar-refractivity contribution >= 4 is 34.4 Å². The van der Waals surface area contributed by atoms with Gasteiger partial charge in [0.15, 0.2) is 0 Å². The average Bonchev–Trinajstić information content (AvgIpc) is 3.29. The minimum absolute atomic E-state index is 0.149. The van der Waals surface area contributed by atoms with Gasteiger partial charge in [0.25, 0.3) is 5.91 Å². The highest BCUT2D eigenvalue weighted by atomic mass is 32.1. The Morgan fingerprint density at radius 3 is 2.41 bits per heavy atom. The highest BCUT2D eigenvalue weighted by Gasteiger charge is 2.28. The van der Waals surface area contributed by atoms with Crippen LogP contribution in [0.2, 0.25) is 0 Å². The van der Waals surface area contributed by atoms with Gasteiger partial charge in [0.1, 0.15) is 11.4 Å². The Balaban J connectivity index is 1.35. The zero-order valence-electron chi connectivity index (χ0n) is 17.1. The van der Waals surface area contributed by atoms with Crippen LogP contribution in [-0.2, 0) is 16.1 Å². The number of hydrogen-bond donors (Lipinski definition) is 1. The van der Waals surface area contributed by atoms with Crippen LogP contribution in [0.3, 0.4) is 0 Å². The molecule has 8 nitrogen and oxygen atoms in total. The van der Waals surface area contributed by atoms with Crippen LogP contribution in [0.25, 0.3) is 5.57 Å². The fourth-order valence-corrected chi connectivity index (χ4v) is 5.01. The van der Waals surface area contributed by atoms with Crippen molar-refractivity contribution in [1.82, 2.24) is 9.47 Å². The Hall–Kier alpha value is -3.72. The number of anilines is 1. The van der Waals surface area contributed by atoms with Gasteiger partial charge in [0, 0.05) is 37.1 Å². The van der Waals surface area contributed by atoms with Gasteiger partial charge in [-0.1, -0.05) is 47.7 Å². The van der Waals surface area contributed by atoms with Gasteiger partial charge < -0.3 is 14.9 Å². The molecule has 2 aromatic carbocycles. The van der Waals surface area contributed by atoms with Crippen molar-refractivity contribution < 1.29 is 14.7 Å². The third kappa shape index (κ3) is 3.50. The Kier molecular flexibility index (Phi) is 5.10. The molecule has 0 spiro atoms. The normalized spacial score (nSPS) is 15.6. The summed E-state index contributed by atoms with van der Waals surface area (Å²) in [5.74, 6) is -1.11. The second-order valence-corrected chi connectivity index (χ2v) is 8.58. The molecule has 0 atom stereocenters. The van der Waals surface area contributed by atoms with E-state index < -0.39 is 10.8 Å². The first-order chi connectivity index (χ1) is 15.5. The van der Waals surface area contributed by atoms with Crippen molar-refractivity contribution in [3.05, 3.63) is 79.7 Å².